The molecule has 6 heteroatoms. The normalized spacial score (nSPS) is 10.8. The van der Waals surface area contributed by atoms with Gasteiger partial charge in [-0.2, -0.15) is 5.26 Å². The first-order valence-corrected chi connectivity index (χ1v) is 3.55. The number of hydrogen-bond acceptors (Lipinski definition) is 3. The zero-order valence-corrected chi connectivity index (χ0v) is 7.09. The van der Waals surface area contributed by atoms with E-state index in [4.69, 9.17) is 5.26 Å². The molecular formula is C8H5F3N2O. The second kappa shape index (κ2) is 3.54. The zero-order valence-electron chi connectivity index (χ0n) is 7.09. The van der Waals surface area contributed by atoms with Gasteiger partial charge in [-0.1, -0.05) is 0 Å². The van der Waals surface area contributed by atoms with Crippen molar-refractivity contribution in [2.45, 2.75) is 13.3 Å². The van der Waals surface area contributed by atoms with Gasteiger partial charge in [-0.05, 0) is 18.6 Å². The molecule has 0 amide bonds. The van der Waals surface area contributed by atoms with Gasteiger partial charge in [0.05, 0.1) is 0 Å². The Labute approximate surface area is 77.7 Å². The lowest BCUT2D eigenvalue weighted by atomic mass is 10.2. The molecular weight excluding hydrogens is 197 g/mol. The highest BCUT2D eigenvalue weighted by Gasteiger charge is 2.33. The zero-order chi connectivity index (χ0) is 10.8. The SMILES string of the molecule is Cc1ccnc(C#N)c1OC(F)(F)F. The monoisotopic (exact) mass is 202 g/mol. The van der Waals surface area contributed by atoms with Gasteiger partial charge in [0.1, 0.15) is 6.07 Å². The van der Waals surface area contributed by atoms with Crippen LogP contribution in [-0.2, 0) is 0 Å². The van der Waals surface area contributed by atoms with Crippen molar-refractivity contribution >= 4 is 0 Å². The summed E-state index contributed by atoms with van der Waals surface area (Å²) in [6, 6.07) is 2.86. The Hall–Kier alpha value is -1.77. The molecule has 3 nitrogen and oxygen atoms in total. The maximum Gasteiger partial charge on any atom is 0.573 e. The fourth-order valence-electron chi connectivity index (χ4n) is 0.869. The fraction of sp³-hybridized carbons (Fsp3) is 0.250. The van der Waals surface area contributed by atoms with E-state index < -0.39 is 12.1 Å². The number of alkyl halides is 3. The predicted octanol–water partition coefficient (Wildman–Crippen LogP) is 2.16. The van der Waals surface area contributed by atoms with E-state index >= 15 is 0 Å². The molecule has 0 saturated heterocycles. The van der Waals surface area contributed by atoms with Gasteiger partial charge in [0.15, 0.2) is 11.4 Å². The van der Waals surface area contributed by atoms with Crippen molar-refractivity contribution in [1.29, 1.82) is 5.26 Å². The second-order valence-electron chi connectivity index (χ2n) is 2.47. The summed E-state index contributed by atoms with van der Waals surface area (Å²) in [7, 11) is 0. The molecule has 1 aromatic heterocycles. The van der Waals surface area contributed by atoms with E-state index in [1.165, 1.54) is 25.3 Å². The Balaban J connectivity index is 3.13. The smallest absolute Gasteiger partial charge is 0.402 e. The summed E-state index contributed by atoms with van der Waals surface area (Å²) in [5, 5.41) is 8.48. The number of aromatic nitrogens is 1. The van der Waals surface area contributed by atoms with Gasteiger partial charge in [0.25, 0.3) is 0 Å². The molecule has 0 aromatic carbocycles. The molecule has 0 fully saturated rings. The minimum absolute atomic E-state index is 0.217. The fourth-order valence-corrected chi connectivity index (χ4v) is 0.869. The predicted molar refractivity (Wildman–Crippen MR) is 40.4 cm³/mol. The molecule has 0 saturated carbocycles. The summed E-state index contributed by atoms with van der Waals surface area (Å²) < 4.78 is 39.3. The molecule has 0 aliphatic rings. The molecule has 1 rings (SSSR count). The summed E-state index contributed by atoms with van der Waals surface area (Å²) in [5.74, 6) is -0.539. The van der Waals surface area contributed by atoms with Gasteiger partial charge in [0, 0.05) is 6.20 Å². The van der Waals surface area contributed by atoms with Crippen molar-refractivity contribution in [3.63, 3.8) is 0 Å². The number of pyridine rings is 1. The first kappa shape index (κ1) is 10.3. The average Bonchev–Trinajstić information content (AvgIpc) is 2.06. The Morgan fingerprint density at radius 1 is 1.50 bits per heavy atom. The minimum Gasteiger partial charge on any atom is -0.402 e. The lowest BCUT2D eigenvalue weighted by Gasteiger charge is -2.11. The van der Waals surface area contributed by atoms with E-state index in [9.17, 15) is 13.2 Å². The van der Waals surface area contributed by atoms with Gasteiger partial charge >= 0.3 is 6.36 Å². The van der Waals surface area contributed by atoms with Crippen LogP contribution in [0.15, 0.2) is 12.3 Å². The van der Waals surface area contributed by atoms with E-state index in [1.807, 2.05) is 0 Å². The third kappa shape index (κ3) is 2.36. The molecule has 1 heterocycles. The van der Waals surface area contributed by atoms with Crippen LogP contribution in [0, 0.1) is 18.3 Å². The van der Waals surface area contributed by atoms with Crippen molar-refractivity contribution in [3.8, 4) is 11.8 Å². The van der Waals surface area contributed by atoms with Crippen LogP contribution in [0.1, 0.15) is 11.3 Å². The maximum absolute atomic E-state index is 11.9. The van der Waals surface area contributed by atoms with Gasteiger partial charge in [-0.3, -0.25) is 0 Å². The molecule has 1 aromatic rings. The molecule has 0 bridgehead atoms. The van der Waals surface area contributed by atoms with Gasteiger partial charge in [-0.25, -0.2) is 4.98 Å². The minimum atomic E-state index is -4.81. The number of ether oxygens (including phenoxy) is 1. The molecule has 0 radical (unpaired) electrons. The standard InChI is InChI=1S/C8H5F3N2O/c1-5-2-3-13-6(4-12)7(5)14-8(9,10)11/h2-3H,1H3. The highest BCUT2D eigenvalue weighted by atomic mass is 19.4. The van der Waals surface area contributed by atoms with Crippen LogP contribution < -0.4 is 4.74 Å². The van der Waals surface area contributed by atoms with Gasteiger partial charge in [0.2, 0.25) is 0 Å². The van der Waals surface area contributed by atoms with Crippen LogP contribution in [0.2, 0.25) is 0 Å². The van der Waals surface area contributed by atoms with Crippen LogP contribution in [0.3, 0.4) is 0 Å². The van der Waals surface area contributed by atoms with E-state index in [2.05, 4.69) is 9.72 Å². The Kier molecular flexibility index (Phi) is 2.60. The Morgan fingerprint density at radius 3 is 2.64 bits per heavy atom. The van der Waals surface area contributed by atoms with Crippen molar-refractivity contribution in [2.24, 2.45) is 0 Å². The van der Waals surface area contributed by atoms with E-state index in [0.717, 1.165) is 0 Å². The lowest BCUT2D eigenvalue weighted by Crippen LogP contribution is -2.18. The van der Waals surface area contributed by atoms with Gasteiger partial charge in [-0.15, -0.1) is 13.2 Å². The van der Waals surface area contributed by atoms with Gasteiger partial charge < -0.3 is 4.74 Å². The van der Waals surface area contributed by atoms with Crippen LogP contribution in [-0.4, -0.2) is 11.3 Å². The summed E-state index contributed by atoms with van der Waals surface area (Å²) >= 11 is 0. The van der Waals surface area contributed by atoms with Crippen LogP contribution >= 0.6 is 0 Å². The second-order valence-corrected chi connectivity index (χ2v) is 2.47. The van der Waals surface area contributed by atoms with Crippen LogP contribution in [0.25, 0.3) is 0 Å². The topological polar surface area (TPSA) is 45.9 Å². The largest absolute Gasteiger partial charge is 0.573 e. The molecule has 74 valence electrons. The van der Waals surface area contributed by atoms with Crippen molar-refractivity contribution in [3.05, 3.63) is 23.5 Å². The summed E-state index contributed by atoms with van der Waals surface area (Å²) in [6.07, 6.45) is -3.56. The highest BCUT2D eigenvalue weighted by Crippen LogP contribution is 2.27. The average molecular weight is 202 g/mol. The Bertz CT molecular complexity index is 381. The molecule has 0 atom stereocenters. The summed E-state index contributed by atoms with van der Waals surface area (Å²) in [4.78, 5) is 3.46. The van der Waals surface area contributed by atoms with Crippen molar-refractivity contribution in [1.82, 2.24) is 4.98 Å². The van der Waals surface area contributed by atoms with Crippen molar-refractivity contribution < 1.29 is 17.9 Å². The number of nitrogens with zero attached hydrogens (tertiary/aromatic N) is 2. The van der Waals surface area contributed by atoms with E-state index in [-0.39, 0.29) is 11.3 Å². The number of aryl methyl sites for hydroxylation is 1. The molecule has 14 heavy (non-hydrogen) atoms. The first-order valence-electron chi connectivity index (χ1n) is 3.55. The highest BCUT2D eigenvalue weighted by molar-refractivity contribution is 5.42. The van der Waals surface area contributed by atoms with E-state index in [1.54, 1.807) is 0 Å². The summed E-state index contributed by atoms with van der Waals surface area (Å²) in [5.41, 5.74) is -0.156. The third-order valence-corrected chi connectivity index (χ3v) is 1.43. The molecule has 0 aliphatic heterocycles. The molecule has 0 unspecified atom stereocenters. The number of hydrogen-bond donors (Lipinski definition) is 0. The van der Waals surface area contributed by atoms with Crippen LogP contribution in [0.4, 0.5) is 13.2 Å². The lowest BCUT2D eigenvalue weighted by molar-refractivity contribution is -0.275. The summed E-state index contributed by atoms with van der Waals surface area (Å²) in [6.45, 7) is 1.41. The molecule has 0 N–H and O–H groups in total. The maximum atomic E-state index is 11.9. The molecule has 0 spiro atoms. The number of nitriles is 1. The molecule has 0 aliphatic carbocycles. The quantitative estimate of drug-likeness (QED) is 0.700. The number of rotatable bonds is 1. The van der Waals surface area contributed by atoms with E-state index in [0.29, 0.717) is 0 Å². The first-order chi connectivity index (χ1) is 6.44. The Morgan fingerprint density at radius 2 is 2.14 bits per heavy atom. The van der Waals surface area contributed by atoms with Crippen LogP contribution in [0.5, 0.6) is 5.75 Å². The third-order valence-electron chi connectivity index (χ3n) is 1.43. The van der Waals surface area contributed by atoms with Crippen molar-refractivity contribution in [2.75, 3.05) is 0 Å². The number of halogens is 3.